The van der Waals surface area contributed by atoms with E-state index < -0.39 is 29.7 Å². The summed E-state index contributed by atoms with van der Waals surface area (Å²) in [5, 5.41) is 9.89. The highest BCUT2D eigenvalue weighted by atomic mass is 16.6. The molecule has 2 heterocycles. The Hall–Kier alpha value is -1.88. The van der Waals surface area contributed by atoms with E-state index in [9.17, 15) is 14.7 Å². The van der Waals surface area contributed by atoms with Gasteiger partial charge >= 0.3 is 5.69 Å². The van der Waals surface area contributed by atoms with Crippen LogP contribution in [0.1, 0.15) is 18.2 Å². The Morgan fingerprint density at radius 1 is 1.65 bits per heavy atom. The first kappa shape index (κ1) is 14.5. The van der Waals surface area contributed by atoms with E-state index in [1.165, 1.54) is 10.8 Å². The molecule has 2 N–H and O–H groups in total. The number of hydrogen-bond acceptors (Lipinski definition) is 5. The summed E-state index contributed by atoms with van der Waals surface area (Å²) >= 11 is 0. The van der Waals surface area contributed by atoms with Gasteiger partial charge in [-0.05, 0) is 6.92 Å². The molecule has 7 nitrogen and oxygen atoms in total. The summed E-state index contributed by atoms with van der Waals surface area (Å²) in [6.07, 6.45) is 4.79. The number of aromatic amines is 1. The molecule has 1 saturated heterocycles. The van der Waals surface area contributed by atoms with Gasteiger partial charge < -0.3 is 14.6 Å². The molecule has 2 rings (SSSR count). The fourth-order valence-electron chi connectivity index (χ4n) is 2.07. The smallest absolute Gasteiger partial charge is 0.330 e. The molecule has 0 amide bonds. The van der Waals surface area contributed by atoms with E-state index in [0.717, 1.165) is 0 Å². The summed E-state index contributed by atoms with van der Waals surface area (Å²) in [5.41, 5.74) is -0.601. The van der Waals surface area contributed by atoms with Crippen molar-refractivity contribution in [2.75, 3.05) is 13.2 Å². The summed E-state index contributed by atoms with van der Waals surface area (Å²) in [5.74, 6) is 2.32. The van der Waals surface area contributed by atoms with Gasteiger partial charge in [-0.15, -0.1) is 6.42 Å². The van der Waals surface area contributed by atoms with Crippen molar-refractivity contribution in [1.82, 2.24) is 9.55 Å². The van der Waals surface area contributed by atoms with Gasteiger partial charge in [-0.2, -0.15) is 0 Å². The van der Waals surface area contributed by atoms with Crippen molar-refractivity contribution in [3.05, 3.63) is 32.6 Å². The minimum absolute atomic E-state index is 0.134. The van der Waals surface area contributed by atoms with Gasteiger partial charge in [0.2, 0.25) is 0 Å². The van der Waals surface area contributed by atoms with Gasteiger partial charge in [0.05, 0.1) is 12.7 Å². The Morgan fingerprint density at radius 2 is 2.40 bits per heavy atom. The van der Waals surface area contributed by atoms with E-state index in [1.54, 1.807) is 6.92 Å². The fraction of sp³-hybridized carbons (Fsp3) is 0.538. The molecule has 0 aromatic carbocycles. The molecule has 0 radical (unpaired) electrons. The second kappa shape index (κ2) is 6.05. The Kier molecular flexibility index (Phi) is 4.39. The van der Waals surface area contributed by atoms with Crippen LogP contribution in [0.4, 0.5) is 0 Å². The van der Waals surface area contributed by atoms with Crippen LogP contribution in [0.5, 0.6) is 0 Å². The largest absolute Gasteiger partial charge is 0.390 e. The highest BCUT2D eigenvalue weighted by Crippen LogP contribution is 2.27. The van der Waals surface area contributed by atoms with Crippen molar-refractivity contribution in [2.45, 2.75) is 31.8 Å². The first-order chi connectivity index (χ1) is 9.52. The molecule has 0 spiro atoms. The molecule has 0 bridgehead atoms. The van der Waals surface area contributed by atoms with Gasteiger partial charge in [-0.1, -0.05) is 5.92 Å². The normalized spacial score (nSPS) is 25.6. The highest BCUT2D eigenvalue weighted by molar-refractivity contribution is 5.02. The van der Waals surface area contributed by atoms with Crippen LogP contribution >= 0.6 is 0 Å². The van der Waals surface area contributed by atoms with E-state index in [0.29, 0.717) is 5.56 Å². The topological polar surface area (TPSA) is 93.5 Å². The zero-order valence-corrected chi connectivity index (χ0v) is 11.0. The molecule has 7 heteroatoms. The van der Waals surface area contributed by atoms with Gasteiger partial charge in [0.15, 0.2) is 0 Å². The van der Waals surface area contributed by atoms with E-state index >= 15 is 0 Å². The van der Waals surface area contributed by atoms with Crippen LogP contribution in [0, 0.1) is 19.3 Å². The number of ether oxygens (including phenoxy) is 2. The number of aliphatic hydroxyl groups excluding tert-OH is 1. The predicted molar refractivity (Wildman–Crippen MR) is 70.2 cm³/mol. The number of aromatic nitrogens is 2. The van der Waals surface area contributed by atoms with Crippen LogP contribution < -0.4 is 11.2 Å². The SMILES string of the molecule is C#CCOC[C@H]1O[C@@H](n2cc(C)c(=O)[nH]c2=O)C[C@@H]1O. The molecule has 1 aromatic heterocycles. The van der Waals surface area contributed by atoms with Gasteiger partial charge in [-0.3, -0.25) is 14.3 Å². The standard InChI is InChI=1S/C13H16N2O5/c1-3-4-19-7-10-9(16)5-11(20-10)15-6-8(2)12(17)14-13(15)18/h1,6,9-11,16H,4-5,7H2,2H3,(H,14,17,18)/t9-,10+,11+/m0/s1. The second-order valence-corrected chi connectivity index (χ2v) is 4.63. The van der Waals surface area contributed by atoms with Crippen molar-refractivity contribution in [2.24, 2.45) is 0 Å². The summed E-state index contributed by atoms with van der Waals surface area (Å²) in [6, 6.07) is 0. The molecule has 20 heavy (non-hydrogen) atoms. The van der Waals surface area contributed by atoms with Crippen molar-refractivity contribution in [1.29, 1.82) is 0 Å². The maximum Gasteiger partial charge on any atom is 0.330 e. The molecule has 1 aromatic rings. The summed E-state index contributed by atoms with van der Waals surface area (Å²) < 4.78 is 12.0. The van der Waals surface area contributed by atoms with Gasteiger partial charge in [0.1, 0.15) is 18.9 Å². The second-order valence-electron chi connectivity index (χ2n) is 4.63. The Morgan fingerprint density at radius 3 is 3.10 bits per heavy atom. The van der Waals surface area contributed by atoms with Gasteiger partial charge in [0, 0.05) is 18.2 Å². The number of nitrogens with one attached hydrogen (secondary N) is 1. The average molecular weight is 280 g/mol. The number of nitrogens with zero attached hydrogens (tertiary/aromatic N) is 1. The average Bonchev–Trinajstić information content (AvgIpc) is 2.76. The number of aryl methyl sites for hydroxylation is 1. The van der Waals surface area contributed by atoms with Crippen LogP contribution in [0.15, 0.2) is 15.8 Å². The van der Waals surface area contributed by atoms with Crippen molar-refractivity contribution in [3.8, 4) is 12.3 Å². The Labute approximate surface area is 115 Å². The highest BCUT2D eigenvalue weighted by Gasteiger charge is 2.35. The first-order valence-electron chi connectivity index (χ1n) is 6.19. The Bertz CT molecular complexity index is 627. The molecule has 0 unspecified atom stereocenters. The third-order valence-electron chi connectivity index (χ3n) is 3.13. The van der Waals surface area contributed by atoms with Crippen LogP contribution in [0.2, 0.25) is 0 Å². The van der Waals surface area contributed by atoms with Crippen LogP contribution in [-0.2, 0) is 9.47 Å². The predicted octanol–water partition coefficient (Wildman–Crippen LogP) is -0.857. The molecule has 1 aliphatic heterocycles. The van der Waals surface area contributed by atoms with Crippen LogP contribution in [0.3, 0.4) is 0 Å². The molecule has 1 fully saturated rings. The number of aliphatic hydroxyl groups is 1. The third-order valence-corrected chi connectivity index (χ3v) is 3.13. The maximum absolute atomic E-state index is 11.7. The minimum atomic E-state index is -0.753. The van der Waals surface area contributed by atoms with Crippen molar-refractivity contribution >= 4 is 0 Å². The lowest BCUT2D eigenvalue weighted by Crippen LogP contribution is -2.33. The molecule has 108 valence electrons. The molecule has 0 saturated carbocycles. The number of hydrogen-bond donors (Lipinski definition) is 2. The number of terminal acetylenes is 1. The molecule has 3 atom stereocenters. The lowest BCUT2D eigenvalue weighted by Gasteiger charge is -2.15. The Balaban J connectivity index is 2.12. The zero-order chi connectivity index (χ0) is 14.7. The first-order valence-corrected chi connectivity index (χ1v) is 6.19. The van der Waals surface area contributed by atoms with Crippen LogP contribution in [-0.4, -0.2) is 40.1 Å². The zero-order valence-electron chi connectivity index (χ0n) is 11.0. The number of H-pyrrole nitrogens is 1. The summed E-state index contributed by atoms with van der Waals surface area (Å²) in [4.78, 5) is 25.3. The van der Waals surface area contributed by atoms with E-state index in [1.807, 2.05) is 0 Å². The maximum atomic E-state index is 11.7. The van der Waals surface area contributed by atoms with Crippen molar-refractivity contribution < 1.29 is 14.6 Å². The number of rotatable bonds is 4. The van der Waals surface area contributed by atoms with Gasteiger partial charge in [-0.25, -0.2) is 4.79 Å². The van der Waals surface area contributed by atoms with Gasteiger partial charge in [0.25, 0.3) is 5.56 Å². The lowest BCUT2D eigenvalue weighted by atomic mass is 10.2. The third kappa shape index (κ3) is 2.99. The fourth-order valence-corrected chi connectivity index (χ4v) is 2.07. The molecule has 0 aliphatic carbocycles. The van der Waals surface area contributed by atoms with E-state index in [-0.39, 0.29) is 19.6 Å². The summed E-state index contributed by atoms with van der Waals surface area (Å²) in [6.45, 7) is 1.88. The van der Waals surface area contributed by atoms with Crippen molar-refractivity contribution in [3.63, 3.8) is 0 Å². The molecular weight excluding hydrogens is 264 g/mol. The summed E-state index contributed by atoms with van der Waals surface area (Å²) in [7, 11) is 0. The molecule has 1 aliphatic rings. The lowest BCUT2D eigenvalue weighted by molar-refractivity contribution is -0.0589. The quantitative estimate of drug-likeness (QED) is 0.553. The van der Waals surface area contributed by atoms with E-state index in [4.69, 9.17) is 15.9 Å². The van der Waals surface area contributed by atoms with E-state index in [2.05, 4.69) is 10.9 Å². The monoisotopic (exact) mass is 280 g/mol. The van der Waals surface area contributed by atoms with Crippen LogP contribution in [0.25, 0.3) is 0 Å². The molecular formula is C13H16N2O5. The minimum Gasteiger partial charge on any atom is -0.390 e.